The average molecular weight is 366 g/mol. The Morgan fingerprint density at radius 1 is 0.963 bits per heavy atom. The topological polar surface area (TPSA) is 27.7 Å². The Hall–Kier alpha value is -1.78. The maximum absolute atomic E-state index is 6.30. The van der Waals surface area contributed by atoms with Gasteiger partial charge >= 0.3 is 7.12 Å². The van der Waals surface area contributed by atoms with Crippen LogP contribution in [0.4, 0.5) is 0 Å². The highest BCUT2D eigenvalue weighted by molar-refractivity contribution is 6.62. The van der Waals surface area contributed by atoms with Gasteiger partial charge in [0.25, 0.3) is 0 Å². The summed E-state index contributed by atoms with van der Waals surface area (Å²) >= 11 is 0. The first-order valence-electron chi connectivity index (χ1n) is 9.76. The van der Waals surface area contributed by atoms with Crippen LogP contribution in [0.25, 0.3) is 11.1 Å². The van der Waals surface area contributed by atoms with Crippen molar-refractivity contribution in [2.75, 3.05) is 7.11 Å². The molecule has 1 saturated heterocycles. The zero-order valence-corrected chi connectivity index (χ0v) is 17.6. The minimum atomic E-state index is -0.365. The van der Waals surface area contributed by atoms with Crippen LogP contribution in [0.5, 0.6) is 5.75 Å². The third-order valence-corrected chi connectivity index (χ3v) is 5.60. The van der Waals surface area contributed by atoms with E-state index in [2.05, 4.69) is 65.8 Å². The average Bonchev–Trinajstić information content (AvgIpc) is 2.81. The molecule has 0 amide bonds. The monoisotopic (exact) mass is 366 g/mol. The molecule has 0 spiro atoms. The molecule has 0 aromatic heterocycles. The largest absolute Gasteiger partial charge is 0.496 e. The minimum Gasteiger partial charge on any atom is -0.496 e. The van der Waals surface area contributed by atoms with Gasteiger partial charge in [-0.15, -0.1) is 0 Å². The van der Waals surface area contributed by atoms with E-state index in [4.69, 9.17) is 14.0 Å². The van der Waals surface area contributed by atoms with Crippen molar-refractivity contribution >= 4 is 12.6 Å². The summed E-state index contributed by atoms with van der Waals surface area (Å²) in [5.41, 5.74) is 3.87. The molecule has 1 aliphatic rings. The van der Waals surface area contributed by atoms with Crippen molar-refractivity contribution in [3.05, 3.63) is 48.0 Å². The molecular formula is C23H31BO3. The van der Waals surface area contributed by atoms with Gasteiger partial charge in [-0.05, 0) is 62.7 Å². The fourth-order valence-corrected chi connectivity index (χ4v) is 3.46. The molecule has 1 fully saturated rings. The van der Waals surface area contributed by atoms with Crippen LogP contribution in [-0.4, -0.2) is 25.4 Å². The van der Waals surface area contributed by atoms with Gasteiger partial charge in [0, 0.05) is 5.56 Å². The summed E-state index contributed by atoms with van der Waals surface area (Å²) in [7, 11) is 1.35. The second-order valence-corrected chi connectivity index (χ2v) is 8.85. The fourth-order valence-electron chi connectivity index (χ4n) is 3.46. The molecule has 4 heteroatoms. The zero-order valence-electron chi connectivity index (χ0n) is 17.6. The number of hydrogen-bond donors (Lipinski definition) is 0. The predicted molar refractivity (Wildman–Crippen MR) is 113 cm³/mol. The first kappa shape index (κ1) is 20.0. The molecule has 2 aromatic rings. The van der Waals surface area contributed by atoms with Gasteiger partial charge in [-0.25, -0.2) is 0 Å². The first-order valence-corrected chi connectivity index (χ1v) is 9.76. The number of benzene rings is 2. The molecule has 144 valence electrons. The second-order valence-electron chi connectivity index (χ2n) is 8.85. The molecule has 1 heterocycles. The van der Waals surface area contributed by atoms with Crippen molar-refractivity contribution < 1.29 is 14.0 Å². The SMILES string of the molecule is COc1ccccc1-c1cc(CC(C)C)cc(B2OC(C)(C)C(C)(C)O2)c1. The lowest BCUT2D eigenvalue weighted by Crippen LogP contribution is -2.41. The predicted octanol–water partition coefficient (Wildman–Crippen LogP) is 4.86. The molecule has 0 bridgehead atoms. The Kier molecular flexibility index (Phi) is 5.42. The molecule has 3 rings (SSSR count). The first-order chi connectivity index (χ1) is 12.6. The Bertz CT molecular complexity index is 795. The van der Waals surface area contributed by atoms with Gasteiger partial charge in [0.15, 0.2) is 0 Å². The smallest absolute Gasteiger partial charge is 0.494 e. The summed E-state index contributed by atoms with van der Waals surface area (Å²) in [6.07, 6.45) is 1.01. The lowest BCUT2D eigenvalue weighted by molar-refractivity contribution is 0.00578. The van der Waals surface area contributed by atoms with E-state index in [1.54, 1.807) is 7.11 Å². The number of para-hydroxylation sites is 1. The van der Waals surface area contributed by atoms with Gasteiger partial charge < -0.3 is 14.0 Å². The highest BCUT2D eigenvalue weighted by atomic mass is 16.7. The van der Waals surface area contributed by atoms with E-state index < -0.39 is 0 Å². The van der Waals surface area contributed by atoms with E-state index in [0.717, 1.165) is 28.8 Å². The molecule has 0 atom stereocenters. The Balaban J connectivity index is 2.07. The van der Waals surface area contributed by atoms with Gasteiger partial charge in [0.1, 0.15) is 5.75 Å². The Labute approximate surface area is 164 Å². The summed E-state index contributed by atoms with van der Waals surface area (Å²) in [6.45, 7) is 12.8. The van der Waals surface area contributed by atoms with Gasteiger partial charge in [-0.3, -0.25) is 0 Å². The molecule has 0 radical (unpaired) electrons. The van der Waals surface area contributed by atoms with E-state index in [9.17, 15) is 0 Å². The zero-order chi connectivity index (χ0) is 19.8. The molecule has 1 aliphatic heterocycles. The van der Waals surface area contributed by atoms with Gasteiger partial charge in [-0.2, -0.15) is 0 Å². The van der Waals surface area contributed by atoms with E-state index in [1.165, 1.54) is 5.56 Å². The van der Waals surface area contributed by atoms with E-state index in [1.807, 2.05) is 18.2 Å². The summed E-state index contributed by atoms with van der Waals surface area (Å²) in [5, 5.41) is 0. The number of ether oxygens (including phenoxy) is 1. The van der Waals surface area contributed by atoms with Crippen LogP contribution in [0.1, 0.15) is 47.1 Å². The maximum atomic E-state index is 6.30. The molecule has 0 N–H and O–H groups in total. The standard InChI is InChI=1S/C23H31BO3/c1-16(2)12-17-13-18(20-10-8-9-11-21(20)25-7)15-19(14-17)24-26-22(3,4)23(5,6)27-24/h8-11,13-16H,12H2,1-7H3. The molecule has 0 aliphatic carbocycles. The molecular weight excluding hydrogens is 335 g/mol. The van der Waals surface area contributed by atoms with Crippen molar-refractivity contribution in [3.8, 4) is 16.9 Å². The summed E-state index contributed by atoms with van der Waals surface area (Å²) < 4.78 is 18.2. The summed E-state index contributed by atoms with van der Waals surface area (Å²) in [5.74, 6) is 1.45. The Morgan fingerprint density at radius 2 is 1.59 bits per heavy atom. The number of rotatable bonds is 5. The third-order valence-electron chi connectivity index (χ3n) is 5.60. The van der Waals surface area contributed by atoms with Crippen LogP contribution in [-0.2, 0) is 15.7 Å². The molecule has 0 unspecified atom stereocenters. The van der Waals surface area contributed by atoms with Crippen LogP contribution in [0.2, 0.25) is 0 Å². The van der Waals surface area contributed by atoms with Crippen LogP contribution < -0.4 is 10.2 Å². The highest BCUT2D eigenvalue weighted by Crippen LogP contribution is 2.37. The lowest BCUT2D eigenvalue weighted by atomic mass is 9.76. The lowest BCUT2D eigenvalue weighted by Gasteiger charge is -2.32. The van der Waals surface area contributed by atoms with Crippen molar-refractivity contribution in [2.24, 2.45) is 5.92 Å². The number of methoxy groups -OCH3 is 1. The van der Waals surface area contributed by atoms with Gasteiger partial charge in [-0.1, -0.05) is 50.2 Å². The van der Waals surface area contributed by atoms with Crippen LogP contribution in [0, 0.1) is 5.92 Å². The normalized spacial score (nSPS) is 18.1. The highest BCUT2D eigenvalue weighted by Gasteiger charge is 2.51. The summed E-state index contributed by atoms with van der Waals surface area (Å²) in [6, 6.07) is 14.8. The molecule has 3 nitrogen and oxygen atoms in total. The van der Waals surface area contributed by atoms with E-state index >= 15 is 0 Å². The maximum Gasteiger partial charge on any atom is 0.494 e. The van der Waals surface area contributed by atoms with Crippen LogP contribution >= 0.6 is 0 Å². The van der Waals surface area contributed by atoms with Gasteiger partial charge in [0.05, 0.1) is 18.3 Å². The van der Waals surface area contributed by atoms with E-state index in [0.29, 0.717) is 5.92 Å². The fraction of sp³-hybridized carbons (Fsp3) is 0.478. The molecule has 27 heavy (non-hydrogen) atoms. The minimum absolute atomic E-state index is 0.351. The van der Waals surface area contributed by atoms with Gasteiger partial charge in [0.2, 0.25) is 0 Å². The quantitative estimate of drug-likeness (QED) is 0.708. The molecule has 2 aromatic carbocycles. The van der Waals surface area contributed by atoms with Crippen LogP contribution in [0.15, 0.2) is 42.5 Å². The van der Waals surface area contributed by atoms with Crippen molar-refractivity contribution in [1.29, 1.82) is 0 Å². The second kappa shape index (κ2) is 7.33. The number of hydrogen-bond acceptors (Lipinski definition) is 3. The van der Waals surface area contributed by atoms with Crippen molar-refractivity contribution in [3.63, 3.8) is 0 Å². The van der Waals surface area contributed by atoms with E-state index in [-0.39, 0.29) is 18.3 Å². The summed E-state index contributed by atoms with van der Waals surface area (Å²) in [4.78, 5) is 0. The van der Waals surface area contributed by atoms with Crippen molar-refractivity contribution in [1.82, 2.24) is 0 Å². The third kappa shape index (κ3) is 4.07. The molecule has 0 saturated carbocycles. The van der Waals surface area contributed by atoms with Crippen LogP contribution in [0.3, 0.4) is 0 Å². The van der Waals surface area contributed by atoms with Crippen molar-refractivity contribution in [2.45, 2.75) is 59.2 Å². The Morgan fingerprint density at radius 3 is 2.19 bits per heavy atom.